The van der Waals surface area contributed by atoms with Crippen LogP contribution in [0, 0.1) is 5.92 Å². The molecule has 1 saturated carbocycles. The Hall–Kier alpha value is -1.61. The van der Waals surface area contributed by atoms with Crippen LogP contribution in [0.3, 0.4) is 0 Å². The maximum atomic E-state index is 5.29. The van der Waals surface area contributed by atoms with Gasteiger partial charge in [0.25, 0.3) is 0 Å². The quantitative estimate of drug-likeness (QED) is 0.875. The van der Waals surface area contributed by atoms with Gasteiger partial charge in [-0.15, -0.1) is 0 Å². The smallest absolute Gasteiger partial charge is 0.0703 e. The number of nitrogens with zero attached hydrogens (tertiary/aromatic N) is 1. The van der Waals surface area contributed by atoms with E-state index in [-0.39, 0.29) is 0 Å². The van der Waals surface area contributed by atoms with Gasteiger partial charge in [-0.1, -0.05) is 6.07 Å². The average Bonchev–Trinajstić information content (AvgIpc) is 3.22. The fraction of sp³-hybridized carbons (Fsp3) is 0.400. The van der Waals surface area contributed by atoms with Crippen molar-refractivity contribution in [3.05, 3.63) is 36.5 Å². The molecule has 1 N–H and O–H groups in total. The number of methoxy groups -OCH3 is 1. The molecule has 0 spiro atoms. The van der Waals surface area contributed by atoms with E-state index in [9.17, 15) is 0 Å². The fourth-order valence-corrected chi connectivity index (χ4v) is 2.35. The topological polar surface area (TPSA) is 34.1 Å². The molecule has 3 rings (SSSR count). The molecule has 1 heterocycles. The van der Waals surface area contributed by atoms with Crippen LogP contribution in [0.1, 0.15) is 12.8 Å². The maximum Gasteiger partial charge on any atom is 0.0703 e. The van der Waals surface area contributed by atoms with Crippen molar-refractivity contribution in [2.75, 3.05) is 19.0 Å². The van der Waals surface area contributed by atoms with Crippen LogP contribution < -0.4 is 5.32 Å². The molecule has 1 fully saturated rings. The summed E-state index contributed by atoms with van der Waals surface area (Å²) in [6.07, 6.45) is 4.46. The van der Waals surface area contributed by atoms with Gasteiger partial charge in [0.1, 0.15) is 0 Å². The zero-order valence-corrected chi connectivity index (χ0v) is 10.6. The van der Waals surface area contributed by atoms with E-state index in [4.69, 9.17) is 4.74 Å². The van der Waals surface area contributed by atoms with Crippen molar-refractivity contribution in [1.82, 2.24) is 4.98 Å². The van der Waals surface area contributed by atoms with Crippen LogP contribution in [0.4, 0.5) is 5.69 Å². The largest absolute Gasteiger partial charge is 0.383 e. The number of ether oxygens (including phenoxy) is 1. The first-order chi connectivity index (χ1) is 8.86. The lowest BCUT2D eigenvalue weighted by atomic mass is 10.1. The molecular weight excluding hydrogens is 224 g/mol. The molecule has 3 heteroatoms. The molecule has 18 heavy (non-hydrogen) atoms. The molecule has 0 saturated heterocycles. The van der Waals surface area contributed by atoms with Crippen LogP contribution in [0.2, 0.25) is 0 Å². The van der Waals surface area contributed by atoms with E-state index in [1.165, 1.54) is 18.2 Å². The van der Waals surface area contributed by atoms with Crippen molar-refractivity contribution in [1.29, 1.82) is 0 Å². The SMILES string of the molecule is COCC(Nc1ccc2ncccc2c1)C1CC1. The molecule has 1 aliphatic rings. The van der Waals surface area contributed by atoms with E-state index in [2.05, 4.69) is 34.6 Å². The molecule has 1 aromatic heterocycles. The molecule has 0 radical (unpaired) electrons. The van der Waals surface area contributed by atoms with Gasteiger partial charge < -0.3 is 10.1 Å². The molecule has 0 bridgehead atoms. The summed E-state index contributed by atoms with van der Waals surface area (Å²) in [5.41, 5.74) is 2.20. The van der Waals surface area contributed by atoms with Crippen LogP contribution in [-0.4, -0.2) is 24.7 Å². The number of nitrogens with one attached hydrogen (secondary N) is 1. The highest BCUT2D eigenvalue weighted by atomic mass is 16.5. The zero-order chi connectivity index (χ0) is 12.4. The summed E-state index contributed by atoms with van der Waals surface area (Å²) in [5, 5.41) is 4.76. The summed E-state index contributed by atoms with van der Waals surface area (Å²) >= 11 is 0. The third-order valence-electron chi connectivity index (χ3n) is 3.49. The van der Waals surface area contributed by atoms with Gasteiger partial charge in [0.15, 0.2) is 0 Å². The van der Waals surface area contributed by atoms with Crippen molar-refractivity contribution in [3.8, 4) is 0 Å². The summed E-state index contributed by atoms with van der Waals surface area (Å²) in [6, 6.07) is 10.8. The Morgan fingerprint density at radius 3 is 3.06 bits per heavy atom. The molecule has 94 valence electrons. The first-order valence-corrected chi connectivity index (χ1v) is 6.47. The Balaban J connectivity index is 1.80. The van der Waals surface area contributed by atoms with E-state index >= 15 is 0 Å². The second kappa shape index (κ2) is 4.94. The lowest BCUT2D eigenvalue weighted by Gasteiger charge is -2.18. The second-order valence-electron chi connectivity index (χ2n) is 4.95. The van der Waals surface area contributed by atoms with E-state index in [0.717, 1.165) is 23.7 Å². The fourth-order valence-electron chi connectivity index (χ4n) is 2.35. The van der Waals surface area contributed by atoms with Gasteiger partial charge in [-0.2, -0.15) is 0 Å². The normalized spacial score (nSPS) is 16.7. The molecule has 1 aromatic carbocycles. The third kappa shape index (κ3) is 2.46. The highest BCUT2D eigenvalue weighted by Crippen LogP contribution is 2.34. The van der Waals surface area contributed by atoms with Gasteiger partial charge >= 0.3 is 0 Å². The predicted octanol–water partition coefficient (Wildman–Crippen LogP) is 3.07. The number of anilines is 1. The van der Waals surface area contributed by atoms with Crippen LogP contribution >= 0.6 is 0 Å². The molecule has 1 unspecified atom stereocenters. The lowest BCUT2D eigenvalue weighted by molar-refractivity contribution is 0.179. The van der Waals surface area contributed by atoms with Crippen LogP contribution in [0.25, 0.3) is 10.9 Å². The molecule has 3 nitrogen and oxygen atoms in total. The van der Waals surface area contributed by atoms with Gasteiger partial charge in [0.2, 0.25) is 0 Å². The Labute approximate surface area is 107 Å². The Kier molecular flexibility index (Phi) is 3.15. The number of fused-ring (bicyclic) bond motifs is 1. The van der Waals surface area contributed by atoms with Crippen molar-refractivity contribution < 1.29 is 4.74 Å². The second-order valence-corrected chi connectivity index (χ2v) is 4.95. The minimum atomic E-state index is 0.434. The zero-order valence-electron chi connectivity index (χ0n) is 10.6. The highest BCUT2D eigenvalue weighted by Gasteiger charge is 2.31. The molecule has 2 aromatic rings. The molecular formula is C15H18N2O. The molecule has 1 aliphatic carbocycles. The van der Waals surface area contributed by atoms with Crippen molar-refractivity contribution in [2.45, 2.75) is 18.9 Å². The number of benzene rings is 1. The summed E-state index contributed by atoms with van der Waals surface area (Å²) in [5.74, 6) is 0.773. The number of aromatic nitrogens is 1. The number of hydrogen-bond acceptors (Lipinski definition) is 3. The van der Waals surface area contributed by atoms with Crippen LogP contribution in [0.5, 0.6) is 0 Å². The predicted molar refractivity (Wildman–Crippen MR) is 73.8 cm³/mol. The van der Waals surface area contributed by atoms with Crippen LogP contribution in [-0.2, 0) is 4.74 Å². The lowest BCUT2D eigenvalue weighted by Crippen LogP contribution is -2.27. The molecule has 0 aliphatic heterocycles. The minimum absolute atomic E-state index is 0.434. The van der Waals surface area contributed by atoms with Crippen molar-refractivity contribution >= 4 is 16.6 Å². The van der Waals surface area contributed by atoms with Crippen molar-refractivity contribution in [3.63, 3.8) is 0 Å². The monoisotopic (exact) mass is 242 g/mol. The Morgan fingerprint density at radius 1 is 1.39 bits per heavy atom. The summed E-state index contributed by atoms with van der Waals surface area (Å²) < 4.78 is 5.29. The number of pyridine rings is 1. The molecule has 1 atom stereocenters. The number of rotatable bonds is 5. The van der Waals surface area contributed by atoms with E-state index in [1.54, 1.807) is 7.11 Å². The van der Waals surface area contributed by atoms with E-state index in [0.29, 0.717) is 6.04 Å². The Morgan fingerprint density at radius 2 is 2.28 bits per heavy atom. The Bertz CT molecular complexity index is 537. The summed E-state index contributed by atoms with van der Waals surface area (Å²) in [4.78, 5) is 4.33. The summed E-state index contributed by atoms with van der Waals surface area (Å²) in [6.45, 7) is 0.774. The van der Waals surface area contributed by atoms with Gasteiger partial charge in [-0.25, -0.2) is 0 Å². The van der Waals surface area contributed by atoms with E-state index in [1.807, 2.05) is 12.3 Å². The van der Waals surface area contributed by atoms with Crippen LogP contribution in [0.15, 0.2) is 36.5 Å². The number of hydrogen-bond donors (Lipinski definition) is 1. The standard InChI is InChI=1S/C15H18N2O/c1-18-10-15(11-4-5-11)17-13-6-7-14-12(9-13)3-2-8-16-14/h2-3,6-9,11,15,17H,4-5,10H2,1H3. The van der Waals surface area contributed by atoms with Gasteiger partial charge in [0, 0.05) is 24.4 Å². The maximum absolute atomic E-state index is 5.29. The molecule has 0 amide bonds. The van der Waals surface area contributed by atoms with Crippen molar-refractivity contribution in [2.24, 2.45) is 5.92 Å². The first-order valence-electron chi connectivity index (χ1n) is 6.47. The third-order valence-corrected chi connectivity index (χ3v) is 3.49. The van der Waals surface area contributed by atoms with Gasteiger partial charge in [-0.05, 0) is 43.0 Å². The summed E-state index contributed by atoms with van der Waals surface area (Å²) in [7, 11) is 1.77. The minimum Gasteiger partial charge on any atom is -0.383 e. The van der Waals surface area contributed by atoms with E-state index < -0.39 is 0 Å². The van der Waals surface area contributed by atoms with Gasteiger partial charge in [0.05, 0.1) is 18.2 Å². The highest BCUT2D eigenvalue weighted by molar-refractivity contribution is 5.82. The van der Waals surface area contributed by atoms with Gasteiger partial charge in [-0.3, -0.25) is 4.98 Å². The first kappa shape index (κ1) is 11.5. The average molecular weight is 242 g/mol.